The molecule has 0 bridgehead atoms. The Balaban J connectivity index is 2.28. The molecule has 0 saturated heterocycles. The molecular weight excluding hydrogens is 314 g/mol. The Labute approximate surface area is 141 Å². The second-order valence-corrected chi connectivity index (χ2v) is 5.56. The fraction of sp³-hybridized carbons (Fsp3) is 0.278. The van der Waals surface area contributed by atoms with Gasteiger partial charge in [-0.1, -0.05) is 35.9 Å². The van der Waals surface area contributed by atoms with E-state index in [0.717, 1.165) is 22.4 Å². The molecule has 0 spiro atoms. The predicted octanol–water partition coefficient (Wildman–Crippen LogP) is 3.66. The van der Waals surface area contributed by atoms with Crippen LogP contribution in [0.25, 0.3) is 0 Å². The molecule has 0 aliphatic rings. The Morgan fingerprint density at radius 3 is 2.65 bits per heavy atom. The molecule has 2 rings (SSSR count). The fourth-order valence-corrected chi connectivity index (χ4v) is 2.53. The van der Waals surface area contributed by atoms with Crippen LogP contribution in [0.4, 0.5) is 0 Å². The van der Waals surface area contributed by atoms with Crippen molar-refractivity contribution in [2.75, 3.05) is 14.2 Å². The largest absolute Gasteiger partial charge is 0.489 e. The molecule has 0 heterocycles. The number of rotatable bonds is 6. The lowest BCUT2D eigenvalue weighted by atomic mass is 10.0. The first-order valence-electron chi connectivity index (χ1n) is 7.28. The molecule has 122 valence electrons. The topological polar surface area (TPSA) is 47.6 Å². The molecule has 0 aliphatic carbocycles. The predicted molar refractivity (Wildman–Crippen MR) is 90.8 cm³/mol. The van der Waals surface area contributed by atoms with Crippen LogP contribution in [-0.4, -0.2) is 20.1 Å². The molecule has 0 saturated carbocycles. The number of carbonyl (C=O) groups is 1. The quantitative estimate of drug-likeness (QED) is 0.877. The monoisotopic (exact) mass is 333 g/mol. The minimum Gasteiger partial charge on any atom is -0.489 e. The molecule has 23 heavy (non-hydrogen) atoms. The minimum absolute atomic E-state index is 0.216. The van der Waals surface area contributed by atoms with Crippen LogP contribution < -0.4 is 10.1 Å². The average molecular weight is 334 g/mol. The van der Waals surface area contributed by atoms with E-state index in [1.807, 2.05) is 31.2 Å². The molecular formula is C18H20ClNO3. The molecule has 2 aromatic carbocycles. The summed E-state index contributed by atoms with van der Waals surface area (Å²) in [7, 11) is 3.08. The zero-order chi connectivity index (χ0) is 16.8. The van der Waals surface area contributed by atoms with Gasteiger partial charge in [0.1, 0.15) is 12.4 Å². The van der Waals surface area contributed by atoms with Gasteiger partial charge in [-0.25, -0.2) is 0 Å². The van der Waals surface area contributed by atoms with Gasteiger partial charge in [0, 0.05) is 19.2 Å². The number of amides is 1. The lowest BCUT2D eigenvalue weighted by Gasteiger charge is -2.19. The molecule has 5 heteroatoms. The van der Waals surface area contributed by atoms with Crippen molar-refractivity contribution < 1.29 is 14.3 Å². The van der Waals surface area contributed by atoms with Crippen LogP contribution in [0, 0.1) is 6.92 Å². The molecule has 1 unspecified atom stereocenters. The highest BCUT2D eigenvalue weighted by molar-refractivity contribution is 6.30. The number of ether oxygens (including phenoxy) is 2. The zero-order valence-corrected chi connectivity index (χ0v) is 14.2. The number of hydrogen-bond acceptors (Lipinski definition) is 3. The maximum Gasteiger partial charge on any atom is 0.253 e. The van der Waals surface area contributed by atoms with Crippen LogP contribution in [0.3, 0.4) is 0 Å². The number of nitrogens with one attached hydrogen (secondary N) is 1. The summed E-state index contributed by atoms with van der Waals surface area (Å²) in [6.07, 6.45) is -0.701. The van der Waals surface area contributed by atoms with E-state index in [1.165, 1.54) is 7.11 Å². The van der Waals surface area contributed by atoms with Crippen LogP contribution in [-0.2, 0) is 16.1 Å². The summed E-state index contributed by atoms with van der Waals surface area (Å²) in [6.45, 7) is 2.29. The van der Waals surface area contributed by atoms with Crippen molar-refractivity contribution in [2.24, 2.45) is 0 Å². The van der Waals surface area contributed by atoms with Crippen LogP contribution in [0.15, 0.2) is 42.5 Å². The second-order valence-electron chi connectivity index (χ2n) is 5.13. The van der Waals surface area contributed by atoms with Crippen molar-refractivity contribution in [2.45, 2.75) is 19.6 Å². The maximum atomic E-state index is 12.0. The van der Waals surface area contributed by atoms with Crippen molar-refractivity contribution in [1.29, 1.82) is 0 Å². The second kappa shape index (κ2) is 7.99. The highest BCUT2D eigenvalue weighted by Gasteiger charge is 2.22. The highest BCUT2D eigenvalue weighted by Crippen LogP contribution is 2.26. The Morgan fingerprint density at radius 2 is 2.00 bits per heavy atom. The number of halogens is 1. The molecule has 0 radical (unpaired) electrons. The zero-order valence-electron chi connectivity index (χ0n) is 13.4. The van der Waals surface area contributed by atoms with Gasteiger partial charge in [-0.05, 0) is 41.8 Å². The summed E-state index contributed by atoms with van der Waals surface area (Å²) in [5, 5.41) is 3.19. The fourth-order valence-electron chi connectivity index (χ4n) is 2.34. The van der Waals surface area contributed by atoms with Gasteiger partial charge in [0.2, 0.25) is 0 Å². The number of carbonyl (C=O) groups excluding carboxylic acids is 1. The van der Waals surface area contributed by atoms with E-state index in [-0.39, 0.29) is 5.91 Å². The first-order valence-corrected chi connectivity index (χ1v) is 7.65. The Morgan fingerprint density at radius 1 is 1.26 bits per heavy atom. The molecule has 1 N–H and O–H groups in total. The van der Waals surface area contributed by atoms with Gasteiger partial charge in [-0.2, -0.15) is 0 Å². The summed E-state index contributed by atoms with van der Waals surface area (Å²) in [4.78, 5) is 12.0. The third-order valence-electron chi connectivity index (χ3n) is 3.58. The van der Waals surface area contributed by atoms with Crippen LogP contribution >= 0.6 is 11.6 Å². The third kappa shape index (κ3) is 4.24. The summed E-state index contributed by atoms with van der Waals surface area (Å²) in [6, 6.07) is 13.1. The van der Waals surface area contributed by atoms with Gasteiger partial charge >= 0.3 is 0 Å². The summed E-state index contributed by atoms with van der Waals surface area (Å²) < 4.78 is 11.2. The Hall–Kier alpha value is -2.04. The molecule has 0 fully saturated rings. The third-order valence-corrected chi connectivity index (χ3v) is 3.82. The van der Waals surface area contributed by atoms with E-state index in [1.54, 1.807) is 25.2 Å². The van der Waals surface area contributed by atoms with Crippen molar-refractivity contribution in [3.63, 3.8) is 0 Å². The first-order chi connectivity index (χ1) is 11.1. The summed E-state index contributed by atoms with van der Waals surface area (Å²) >= 11 is 6.09. The van der Waals surface area contributed by atoms with E-state index in [2.05, 4.69) is 5.32 Å². The number of aryl methyl sites for hydroxylation is 1. The molecule has 2 aromatic rings. The Bertz CT molecular complexity index is 688. The number of hydrogen-bond donors (Lipinski definition) is 1. The van der Waals surface area contributed by atoms with E-state index in [0.29, 0.717) is 11.6 Å². The maximum absolute atomic E-state index is 12.0. The Kier molecular flexibility index (Phi) is 6.02. The number of likely N-dealkylation sites (N-methyl/N-ethyl adjacent to an activating group) is 1. The average Bonchev–Trinajstić information content (AvgIpc) is 2.56. The molecule has 0 aromatic heterocycles. The van der Waals surface area contributed by atoms with Gasteiger partial charge in [0.05, 0.1) is 0 Å². The lowest BCUT2D eigenvalue weighted by Crippen LogP contribution is -2.27. The van der Waals surface area contributed by atoms with Crippen LogP contribution in [0.1, 0.15) is 22.8 Å². The van der Waals surface area contributed by atoms with Crippen molar-refractivity contribution in [3.8, 4) is 5.75 Å². The minimum atomic E-state index is -0.701. The van der Waals surface area contributed by atoms with Crippen LogP contribution in [0.2, 0.25) is 5.02 Å². The number of methoxy groups -OCH3 is 1. The van der Waals surface area contributed by atoms with Crippen molar-refractivity contribution in [1.82, 2.24) is 5.32 Å². The standard InChI is InChI=1S/C18H20ClNO3/c1-12-6-4-5-7-16(12)23-11-13-10-14(19)8-9-15(13)17(22-3)18(21)20-2/h4-10,17H,11H2,1-3H3,(H,20,21). The van der Waals surface area contributed by atoms with Gasteiger partial charge < -0.3 is 14.8 Å². The van der Waals surface area contributed by atoms with Gasteiger partial charge in [0.15, 0.2) is 6.10 Å². The molecule has 4 nitrogen and oxygen atoms in total. The molecule has 1 amide bonds. The highest BCUT2D eigenvalue weighted by atomic mass is 35.5. The lowest BCUT2D eigenvalue weighted by molar-refractivity contribution is -0.130. The molecule has 1 atom stereocenters. The summed E-state index contributed by atoms with van der Waals surface area (Å²) in [5.41, 5.74) is 2.60. The van der Waals surface area contributed by atoms with Crippen molar-refractivity contribution >= 4 is 17.5 Å². The number of benzene rings is 2. The summed E-state index contributed by atoms with van der Waals surface area (Å²) in [5.74, 6) is 0.583. The van der Waals surface area contributed by atoms with Gasteiger partial charge in [0.25, 0.3) is 5.91 Å². The van der Waals surface area contributed by atoms with E-state index < -0.39 is 6.10 Å². The first kappa shape index (κ1) is 17.3. The van der Waals surface area contributed by atoms with Crippen molar-refractivity contribution in [3.05, 3.63) is 64.2 Å². The van der Waals surface area contributed by atoms with E-state index in [4.69, 9.17) is 21.1 Å². The number of para-hydroxylation sites is 1. The van der Waals surface area contributed by atoms with E-state index >= 15 is 0 Å². The van der Waals surface area contributed by atoms with Gasteiger partial charge in [-0.15, -0.1) is 0 Å². The van der Waals surface area contributed by atoms with Gasteiger partial charge in [-0.3, -0.25) is 4.79 Å². The normalized spacial score (nSPS) is 11.8. The van der Waals surface area contributed by atoms with E-state index in [9.17, 15) is 4.79 Å². The molecule has 0 aliphatic heterocycles. The SMILES string of the molecule is CNC(=O)C(OC)c1ccc(Cl)cc1COc1ccccc1C. The smallest absolute Gasteiger partial charge is 0.253 e. The van der Waals surface area contributed by atoms with Crippen LogP contribution in [0.5, 0.6) is 5.75 Å².